The Kier molecular flexibility index (Phi) is 4.47. The average molecular weight is 430 g/mol. The van der Waals surface area contributed by atoms with Gasteiger partial charge in [0.25, 0.3) is 0 Å². The van der Waals surface area contributed by atoms with Gasteiger partial charge in [-0.25, -0.2) is 0 Å². The molecule has 0 heterocycles. The number of rotatable bonds is 1. The minimum absolute atomic E-state index is 0.329. The van der Waals surface area contributed by atoms with Crippen molar-refractivity contribution in [3.05, 3.63) is 56.7 Å². The molecule has 0 radical (unpaired) electrons. The highest BCUT2D eigenvalue weighted by Gasteiger charge is 2.38. The van der Waals surface area contributed by atoms with Crippen LogP contribution in [0.1, 0.15) is 16.7 Å². The Bertz CT molecular complexity index is 700. The molecule has 2 aromatic rings. The van der Waals surface area contributed by atoms with Crippen LogP contribution < -0.4 is 0 Å². The van der Waals surface area contributed by atoms with Crippen LogP contribution >= 0.6 is 22.6 Å². The first-order valence-corrected chi connectivity index (χ1v) is 7.13. The van der Waals surface area contributed by atoms with Crippen molar-refractivity contribution in [3.63, 3.8) is 0 Å². The molecule has 0 spiro atoms. The number of aryl methyl sites for hydroxylation is 1. The summed E-state index contributed by atoms with van der Waals surface area (Å²) in [5, 5.41) is 0. The maximum Gasteiger partial charge on any atom is 0.417 e. The maximum absolute atomic E-state index is 13.2. The summed E-state index contributed by atoms with van der Waals surface area (Å²) >= 11 is 1.77. The first-order chi connectivity index (χ1) is 10.00. The third-order valence-corrected chi connectivity index (χ3v) is 3.73. The van der Waals surface area contributed by atoms with Crippen molar-refractivity contribution in [1.82, 2.24) is 0 Å². The number of halogens is 7. The fourth-order valence-electron chi connectivity index (χ4n) is 2.11. The summed E-state index contributed by atoms with van der Waals surface area (Å²) in [5.74, 6) is 0. The molecule has 0 aromatic heterocycles. The van der Waals surface area contributed by atoms with Gasteiger partial charge in [0, 0.05) is 3.57 Å². The summed E-state index contributed by atoms with van der Waals surface area (Å²) in [6, 6.07) is 6.44. The Hall–Kier alpha value is -1.25. The molecule has 118 valence electrons. The van der Waals surface area contributed by atoms with Gasteiger partial charge in [0.1, 0.15) is 0 Å². The van der Waals surface area contributed by atoms with E-state index in [0.29, 0.717) is 9.13 Å². The van der Waals surface area contributed by atoms with E-state index in [1.807, 2.05) is 0 Å². The van der Waals surface area contributed by atoms with Crippen LogP contribution in [-0.2, 0) is 12.4 Å². The molecule has 0 saturated carbocycles. The van der Waals surface area contributed by atoms with Crippen LogP contribution in [-0.4, -0.2) is 0 Å². The van der Waals surface area contributed by atoms with Crippen molar-refractivity contribution in [2.75, 3.05) is 0 Å². The molecule has 0 atom stereocenters. The predicted octanol–water partition coefficient (Wildman–Crippen LogP) is 6.30. The van der Waals surface area contributed by atoms with Crippen LogP contribution in [0.4, 0.5) is 26.3 Å². The SMILES string of the molecule is Cc1ccc(-c2cc(I)ccc2C(F)(F)F)c(C(F)(F)F)c1. The Labute approximate surface area is 136 Å². The van der Waals surface area contributed by atoms with Crippen LogP contribution in [0, 0.1) is 10.5 Å². The number of benzene rings is 2. The molecule has 2 rings (SSSR count). The Morgan fingerprint density at radius 2 is 1.32 bits per heavy atom. The van der Waals surface area contributed by atoms with Gasteiger partial charge in [0.15, 0.2) is 0 Å². The highest BCUT2D eigenvalue weighted by atomic mass is 127. The number of hydrogen-bond acceptors (Lipinski definition) is 0. The molecule has 0 fully saturated rings. The topological polar surface area (TPSA) is 0 Å². The van der Waals surface area contributed by atoms with Gasteiger partial charge in [-0.3, -0.25) is 0 Å². The zero-order chi connectivity index (χ0) is 16.7. The summed E-state index contributed by atoms with van der Waals surface area (Å²) in [5.41, 5.74) is -2.76. The smallest absolute Gasteiger partial charge is 0.166 e. The summed E-state index contributed by atoms with van der Waals surface area (Å²) in [7, 11) is 0. The van der Waals surface area contributed by atoms with Crippen LogP contribution in [0.3, 0.4) is 0 Å². The van der Waals surface area contributed by atoms with E-state index < -0.39 is 34.6 Å². The fraction of sp³-hybridized carbons (Fsp3) is 0.200. The highest BCUT2D eigenvalue weighted by molar-refractivity contribution is 14.1. The lowest BCUT2D eigenvalue weighted by atomic mass is 9.93. The molecule has 0 aliphatic rings. The van der Waals surface area contributed by atoms with Gasteiger partial charge in [0.2, 0.25) is 0 Å². The lowest BCUT2D eigenvalue weighted by molar-refractivity contribution is -0.139. The summed E-state index contributed by atoms with van der Waals surface area (Å²) in [6.07, 6.45) is -9.46. The Morgan fingerprint density at radius 1 is 0.727 bits per heavy atom. The van der Waals surface area contributed by atoms with Crippen molar-refractivity contribution >= 4 is 22.6 Å². The standard InChI is InChI=1S/C15H9F6I/c1-8-2-4-10(13(6-8)15(19,20)21)11-7-9(22)3-5-12(11)14(16,17)18/h2-7H,1H3. The van der Waals surface area contributed by atoms with Gasteiger partial charge in [-0.05, 0) is 64.9 Å². The molecule has 2 aromatic carbocycles. The van der Waals surface area contributed by atoms with Crippen molar-refractivity contribution in [3.8, 4) is 11.1 Å². The molecule has 0 nitrogen and oxygen atoms in total. The minimum atomic E-state index is -4.73. The number of alkyl halides is 6. The second-order valence-corrected chi connectivity index (χ2v) is 5.98. The summed E-state index contributed by atoms with van der Waals surface area (Å²) in [6.45, 7) is 1.46. The lowest BCUT2D eigenvalue weighted by Crippen LogP contribution is -2.11. The molecule has 0 N–H and O–H groups in total. The molecule has 22 heavy (non-hydrogen) atoms. The van der Waals surface area contributed by atoms with Gasteiger partial charge in [0.05, 0.1) is 11.1 Å². The van der Waals surface area contributed by atoms with Crippen molar-refractivity contribution < 1.29 is 26.3 Å². The van der Waals surface area contributed by atoms with Crippen molar-refractivity contribution in [2.45, 2.75) is 19.3 Å². The minimum Gasteiger partial charge on any atom is -0.166 e. The molecule has 0 aliphatic heterocycles. The summed E-state index contributed by atoms with van der Waals surface area (Å²) in [4.78, 5) is 0. The van der Waals surface area contributed by atoms with Crippen LogP contribution in [0.5, 0.6) is 0 Å². The van der Waals surface area contributed by atoms with E-state index >= 15 is 0 Å². The van der Waals surface area contributed by atoms with E-state index in [4.69, 9.17) is 0 Å². The maximum atomic E-state index is 13.2. The van der Waals surface area contributed by atoms with Crippen LogP contribution in [0.15, 0.2) is 36.4 Å². The van der Waals surface area contributed by atoms with Gasteiger partial charge < -0.3 is 0 Å². The van der Waals surface area contributed by atoms with Gasteiger partial charge in [-0.1, -0.05) is 17.7 Å². The molecule has 0 unspecified atom stereocenters. The second kappa shape index (κ2) is 5.75. The molecule has 0 amide bonds. The normalized spacial score (nSPS) is 12.5. The average Bonchev–Trinajstić information content (AvgIpc) is 2.36. The van der Waals surface area contributed by atoms with Crippen molar-refractivity contribution in [1.29, 1.82) is 0 Å². The fourth-order valence-corrected chi connectivity index (χ4v) is 2.61. The zero-order valence-electron chi connectivity index (χ0n) is 11.1. The first-order valence-electron chi connectivity index (χ1n) is 6.05. The van der Waals surface area contributed by atoms with E-state index in [9.17, 15) is 26.3 Å². The molecular formula is C15H9F6I. The lowest BCUT2D eigenvalue weighted by Gasteiger charge is -2.18. The van der Waals surface area contributed by atoms with Gasteiger partial charge in [-0.15, -0.1) is 0 Å². The van der Waals surface area contributed by atoms with Crippen LogP contribution in [0.25, 0.3) is 11.1 Å². The van der Waals surface area contributed by atoms with Crippen LogP contribution in [0.2, 0.25) is 0 Å². The highest BCUT2D eigenvalue weighted by Crippen LogP contribution is 2.43. The zero-order valence-corrected chi connectivity index (χ0v) is 13.3. The molecule has 0 aliphatic carbocycles. The quantitative estimate of drug-likeness (QED) is 0.368. The molecule has 0 bridgehead atoms. The predicted molar refractivity (Wildman–Crippen MR) is 79.3 cm³/mol. The first kappa shape index (κ1) is 17.1. The largest absolute Gasteiger partial charge is 0.417 e. The molecule has 0 saturated heterocycles. The van der Waals surface area contributed by atoms with Gasteiger partial charge in [-0.2, -0.15) is 26.3 Å². The van der Waals surface area contributed by atoms with E-state index in [1.54, 1.807) is 22.6 Å². The molecular weight excluding hydrogens is 421 g/mol. The van der Waals surface area contributed by atoms with E-state index in [0.717, 1.165) is 24.3 Å². The van der Waals surface area contributed by atoms with E-state index in [-0.39, 0.29) is 0 Å². The number of hydrogen-bond donors (Lipinski definition) is 0. The third-order valence-electron chi connectivity index (χ3n) is 3.06. The van der Waals surface area contributed by atoms with Crippen molar-refractivity contribution in [2.24, 2.45) is 0 Å². The Balaban J connectivity index is 2.80. The van der Waals surface area contributed by atoms with Gasteiger partial charge >= 0.3 is 12.4 Å². The monoisotopic (exact) mass is 430 g/mol. The second-order valence-electron chi connectivity index (χ2n) is 4.73. The third kappa shape index (κ3) is 3.56. The Morgan fingerprint density at radius 3 is 1.86 bits per heavy atom. The van der Waals surface area contributed by atoms with E-state index in [2.05, 4.69) is 0 Å². The van der Waals surface area contributed by atoms with E-state index in [1.165, 1.54) is 19.1 Å². The summed E-state index contributed by atoms with van der Waals surface area (Å²) < 4.78 is 79.2. The molecule has 7 heteroatoms.